The Kier molecular flexibility index (Phi) is 5.90. The molecule has 28 heavy (non-hydrogen) atoms. The van der Waals surface area contributed by atoms with Crippen LogP contribution in [0.15, 0.2) is 47.4 Å². The SMILES string of the molecule is O=C(c1cc([N+](=O)[O-])ccc1Cl)N1CCN(S(=O)(=O)c2ccc(Cl)cc2)CC1. The molecule has 2 aromatic carbocycles. The quantitative estimate of drug-likeness (QED) is 0.533. The molecular weight excluding hydrogens is 429 g/mol. The van der Waals surface area contributed by atoms with Crippen LogP contribution < -0.4 is 0 Å². The summed E-state index contributed by atoms with van der Waals surface area (Å²) in [6.45, 7) is 0.488. The van der Waals surface area contributed by atoms with Crippen molar-refractivity contribution < 1.29 is 18.1 Å². The molecule has 1 saturated heterocycles. The number of nitrogens with zero attached hydrogens (tertiary/aromatic N) is 3. The van der Waals surface area contributed by atoms with E-state index in [0.717, 1.165) is 6.07 Å². The number of benzene rings is 2. The number of halogens is 2. The highest BCUT2D eigenvalue weighted by molar-refractivity contribution is 7.89. The molecule has 8 nitrogen and oxygen atoms in total. The number of carbonyl (C=O) groups excluding carboxylic acids is 1. The largest absolute Gasteiger partial charge is 0.336 e. The molecule has 0 saturated carbocycles. The second-order valence-electron chi connectivity index (χ2n) is 6.07. The minimum atomic E-state index is -3.70. The van der Waals surface area contributed by atoms with Crippen molar-refractivity contribution in [1.29, 1.82) is 0 Å². The molecule has 1 aliphatic heterocycles. The number of hydrogen-bond acceptors (Lipinski definition) is 5. The molecule has 0 aliphatic carbocycles. The Labute approximate surface area is 171 Å². The molecule has 11 heteroatoms. The van der Waals surface area contributed by atoms with Gasteiger partial charge in [-0.3, -0.25) is 14.9 Å². The van der Waals surface area contributed by atoms with E-state index in [1.54, 1.807) is 0 Å². The van der Waals surface area contributed by atoms with E-state index in [9.17, 15) is 23.3 Å². The van der Waals surface area contributed by atoms with Crippen LogP contribution in [-0.4, -0.2) is 54.6 Å². The number of hydrogen-bond donors (Lipinski definition) is 0. The summed E-state index contributed by atoms with van der Waals surface area (Å²) in [7, 11) is -3.70. The maximum atomic E-state index is 12.7. The van der Waals surface area contributed by atoms with Crippen LogP contribution in [0, 0.1) is 10.1 Å². The van der Waals surface area contributed by atoms with E-state index < -0.39 is 20.9 Å². The van der Waals surface area contributed by atoms with Crippen LogP contribution in [0.1, 0.15) is 10.4 Å². The number of piperazine rings is 1. The van der Waals surface area contributed by atoms with Crippen molar-refractivity contribution in [2.75, 3.05) is 26.2 Å². The van der Waals surface area contributed by atoms with Crippen molar-refractivity contribution in [3.05, 3.63) is 68.2 Å². The van der Waals surface area contributed by atoms with Gasteiger partial charge in [-0.05, 0) is 30.3 Å². The van der Waals surface area contributed by atoms with Gasteiger partial charge in [0.15, 0.2) is 0 Å². The molecule has 0 radical (unpaired) electrons. The van der Waals surface area contributed by atoms with Gasteiger partial charge in [0.05, 0.1) is 20.4 Å². The minimum Gasteiger partial charge on any atom is -0.336 e. The third kappa shape index (κ3) is 4.12. The van der Waals surface area contributed by atoms with Crippen molar-refractivity contribution >= 4 is 44.8 Å². The molecule has 2 aromatic rings. The molecule has 148 valence electrons. The maximum absolute atomic E-state index is 12.7. The minimum absolute atomic E-state index is 0.0184. The van der Waals surface area contributed by atoms with Gasteiger partial charge < -0.3 is 4.90 Å². The predicted molar refractivity (Wildman–Crippen MR) is 104 cm³/mol. The molecule has 0 N–H and O–H groups in total. The number of rotatable bonds is 4. The number of nitro groups is 1. The van der Waals surface area contributed by atoms with Gasteiger partial charge in [0, 0.05) is 43.3 Å². The molecule has 1 amide bonds. The molecule has 0 atom stereocenters. The smallest absolute Gasteiger partial charge is 0.270 e. The number of sulfonamides is 1. The number of amides is 1. The van der Waals surface area contributed by atoms with Gasteiger partial charge in [0.25, 0.3) is 11.6 Å². The van der Waals surface area contributed by atoms with Gasteiger partial charge in [-0.1, -0.05) is 23.2 Å². The lowest BCUT2D eigenvalue weighted by atomic mass is 10.1. The molecule has 0 aromatic heterocycles. The Hall–Kier alpha value is -2.20. The van der Waals surface area contributed by atoms with Crippen LogP contribution in [0.5, 0.6) is 0 Å². The first-order valence-corrected chi connectivity index (χ1v) is 10.4. The fourth-order valence-electron chi connectivity index (χ4n) is 2.85. The molecule has 1 aliphatic rings. The average molecular weight is 444 g/mol. The molecular formula is C17H15Cl2N3O5S. The van der Waals surface area contributed by atoms with Crippen molar-refractivity contribution in [1.82, 2.24) is 9.21 Å². The predicted octanol–water partition coefficient (Wildman–Crippen LogP) is 3.05. The van der Waals surface area contributed by atoms with Crippen LogP contribution in [0.3, 0.4) is 0 Å². The lowest BCUT2D eigenvalue weighted by molar-refractivity contribution is -0.384. The topological polar surface area (TPSA) is 101 Å². The van der Waals surface area contributed by atoms with E-state index in [1.807, 2.05) is 0 Å². The third-order valence-electron chi connectivity index (χ3n) is 4.37. The van der Waals surface area contributed by atoms with Gasteiger partial charge in [-0.15, -0.1) is 0 Å². The Morgan fingerprint density at radius 2 is 1.61 bits per heavy atom. The van der Waals surface area contributed by atoms with Crippen molar-refractivity contribution in [3.8, 4) is 0 Å². The molecule has 0 spiro atoms. The van der Waals surface area contributed by atoms with Crippen LogP contribution in [0.4, 0.5) is 5.69 Å². The van der Waals surface area contributed by atoms with E-state index in [0.29, 0.717) is 5.02 Å². The van der Waals surface area contributed by atoms with Gasteiger partial charge in [0.2, 0.25) is 10.0 Å². The molecule has 1 fully saturated rings. The summed E-state index contributed by atoms with van der Waals surface area (Å²) in [5, 5.41) is 11.5. The summed E-state index contributed by atoms with van der Waals surface area (Å²) in [5.74, 6) is -0.475. The van der Waals surface area contributed by atoms with E-state index in [-0.39, 0.29) is 47.3 Å². The first-order chi connectivity index (χ1) is 13.2. The van der Waals surface area contributed by atoms with Crippen LogP contribution in [-0.2, 0) is 10.0 Å². The van der Waals surface area contributed by atoms with Gasteiger partial charge in [-0.2, -0.15) is 4.31 Å². The van der Waals surface area contributed by atoms with Crippen LogP contribution >= 0.6 is 23.2 Å². The standard InChI is InChI=1S/C17H15Cl2N3O5S/c18-12-1-4-14(5-2-12)28(26,27)21-9-7-20(8-10-21)17(23)15-11-13(22(24)25)3-6-16(15)19/h1-6,11H,7-10H2. The monoisotopic (exact) mass is 443 g/mol. The Balaban J connectivity index is 1.73. The Morgan fingerprint density at radius 3 is 2.18 bits per heavy atom. The first-order valence-electron chi connectivity index (χ1n) is 8.19. The second-order valence-corrected chi connectivity index (χ2v) is 8.85. The summed E-state index contributed by atoms with van der Waals surface area (Å²) < 4.78 is 26.7. The first kappa shape index (κ1) is 20.5. The zero-order chi connectivity index (χ0) is 20.5. The van der Waals surface area contributed by atoms with Gasteiger partial charge in [0.1, 0.15) is 0 Å². The molecule has 3 rings (SSSR count). The average Bonchev–Trinajstić information content (AvgIpc) is 2.68. The maximum Gasteiger partial charge on any atom is 0.270 e. The van der Waals surface area contributed by atoms with Crippen molar-refractivity contribution in [2.24, 2.45) is 0 Å². The van der Waals surface area contributed by atoms with Crippen molar-refractivity contribution in [3.63, 3.8) is 0 Å². The number of nitro benzene ring substituents is 1. The van der Waals surface area contributed by atoms with Crippen LogP contribution in [0.2, 0.25) is 10.0 Å². The Morgan fingerprint density at radius 1 is 1.00 bits per heavy atom. The zero-order valence-electron chi connectivity index (χ0n) is 14.4. The number of carbonyl (C=O) groups is 1. The normalized spacial score (nSPS) is 15.4. The molecule has 0 bridgehead atoms. The zero-order valence-corrected chi connectivity index (χ0v) is 16.7. The molecule has 1 heterocycles. The Bertz CT molecular complexity index is 1020. The molecule has 0 unspecified atom stereocenters. The fraction of sp³-hybridized carbons (Fsp3) is 0.235. The van der Waals surface area contributed by atoms with Crippen LogP contribution in [0.25, 0.3) is 0 Å². The summed E-state index contributed by atoms with van der Waals surface area (Å²) in [5.41, 5.74) is -0.221. The second kappa shape index (κ2) is 8.04. The van der Waals surface area contributed by atoms with E-state index in [2.05, 4.69) is 0 Å². The summed E-state index contributed by atoms with van der Waals surface area (Å²) >= 11 is 11.8. The highest BCUT2D eigenvalue weighted by Crippen LogP contribution is 2.25. The summed E-state index contributed by atoms with van der Waals surface area (Å²) in [6.07, 6.45) is 0. The van der Waals surface area contributed by atoms with E-state index in [1.165, 1.54) is 45.6 Å². The fourth-order valence-corrected chi connectivity index (χ4v) is 4.59. The van der Waals surface area contributed by atoms with E-state index in [4.69, 9.17) is 23.2 Å². The van der Waals surface area contributed by atoms with Gasteiger partial charge >= 0.3 is 0 Å². The highest BCUT2D eigenvalue weighted by atomic mass is 35.5. The van der Waals surface area contributed by atoms with Crippen molar-refractivity contribution in [2.45, 2.75) is 4.90 Å². The summed E-state index contributed by atoms with van der Waals surface area (Å²) in [4.78, 5) is 24.6. The number of non-ortho nitro benzene ring substituents is 1. The lowest BCUT2D eigenvalue weighted by Gasteiger charge is -2.34. The van der Waals surface area contributed by atoms with E-state index >= 15 is 0 Å². The van der Waals surface area contributed by atoms with Gasteiger partial charge in [-0.25, -0.2) is 8.42 Å². The summed E-state index contributed by atoms with van der Waals surface area (Å²) in [6, 6.07) is 9.50. The highest BCUT2D eigenvalue weighted by Gasteiger charge is 2.31. The lowest BCUT2D eigenvalue weighted by Crippen LogP contribution is -2.50. The third-order valence-corrected chi connectivity index (χ3v) is 6.86.